The van der Waals surface area contributed by atoms with Gasteiger partial charge in [-0.25, -0.2) is 4.79 Å². The maximum atomic E-state index is 15.0. The van der Waals surface area contributed by atoms with Gasteiger partial charge in [0.05, 0.1) is 18.9 Å². The zero-order valence-electron chi connectivity index (χ0n) is 18.4. The van der Waals surface area contributed by atoms with E-state index in [1.807, 2.05) is 48.5 Å². The number of esters is 1. The van der Waals surface area contributed by atoms with Gasteiger partial charge in [-0.1, -0.05) is 78.9 Å². The first-order chi connectivity index (χ1) is 15.4. The summed E-state index contributed by atoms with van der Waals surface area (Å²) < 4.78 is 25.7. The van der Waals surface area contributed by atoms with E-state index in [2.05, 4.69) is 0 Å². The molecule has 166 valence electrons. The van der Waals surface area contributed by atoms with Gasteiger partial charge in [0, 0.05) is 22.6 Å². The van der Waals surface area contributed by atoms with Crippen molar-refractivity contribution in [1.29, 1.82) is 0 Å². The van der Waals surface area contributed by atoms with Crippen molar-refractivity contribution >= 4 is 29.5 Å². The summed E-state index contributed by atoms with van der Waals surface area (Å²) in [6.45, 7) is 3.36. The van der Waals surface area contributed by atoms with Crippen molar-refractivity contribution in [1.82, 2.24) is 0 Å². The lowest BCUT2D eigenvalue weighted by molar-refractivity contribution is -0.156. The van der Waals surface area contributed by atoms with Crippen molar-refractivity contribution in [2.45, 2.75) is 32.0 Å². The van der Waals surface area contributed by atoms with Crippen molar-refractivity contribution in [3.8, 4) is 5.75 Å². The molecule has 0 saturated heterocycles. The van der Waals surface area contributed by atoms with Crippen LogP contribution in [0.2, 0.25) is 0 Å². The zero-order chi connectivity index (χ0) is 23.1. The molecule has 0 aliphatic carbocycles. The van der Waals surface area contributed by atoms with E-state index in [1.54, 1.807) is 50.2 Å². The van der Waals surface area contributed by atoms with Crippen LogP contribution < -0.4 is 15.3 Å². The highest BCUT2D eigenvalue weighted by molar-refractivity contribution is 7.79. The highest BCUT2D eigenvalue weighted by Crippen LogP contribution is 2.60. The van der Waals surface area contributed by atoms with E-state index in [0.717, 1.165) is 0 Å². The van der Waals surface area contributed by atoms with Crippen LogP contribution in [0, 0.1) is 0 Å². The molecule has 1 atom stereocenters. The van der Waals surface area contributed by atoms with E-state index in [4.69, 9.17) is 9.47 Å². The third-order valence-corrected chi connectivity index (χ3v) is 8.63. The standard InChI is InChI=1S/C26H27O5P/c1-19(2)31-26(28)23(27)18-25(22-16-10-11-17-24(22)30-3)32(29,20-12-6-4-7-13-20)21-14-8-5-9-15-21/h4-17,19,25H,18H2,1-3H3. The second kappa shape index (κ2) is 10.4. The summed E-state index contributed by atoms with van der Waals surface area (Å²) in [7, 11) is -1.90. The van der Waals surface area contributed by atoms with Crippen LogP contribution in [0.4, 0.5) is 0 Å². The number of benzene rings is 3. The summed E-state index contributed by atoms with van der Waals surface area (Å²) in [4.78, 5) is 25.3. The Morgan fingerprint density at radius 2 is 1.31 bits per heavy atom. The van der Waals surface area contributed by atoms with Crippen LogP contribution in [0.3, 0.4) is 0 Å². The highest BCUT2D eigenvalue weighted by atomic mass is 31.2. The highest BCUT2D eigenvalue weighted by Gasteiger charge is 2.41. The fourth-order valence-corrected chi connectivity index (χ4v) is 7.00. The second-order valence-corrected chi connectivity index (χ2v) is 10.6. The van der Waals surface area contributed by atoms with Crippen molar-refractivity contribution in [3.63, 3.8) is 0 Å². The molecule has 0 spiro atoms. The number of ether oxygens (including phenoxy) is 2. The lowest BCUT2D eigenvalue weighted by Crippen LogP contribution is -2.27. The number of rotatable bonds is 9. The minimum Gasteiger partial charge on any atom is -0.496 e. The van der Waals surface area contributed by atoms with Gasteiger partial charge in [0.25, 0.3) is 0 Å². The summed E-state index contributed by atoms with van der Waals surface area (Å²) in [5.74, 6) is -1.14. The van der Waals surface area contributed by atoms with E-state index >= 15 is 4.57 Å². The van der Waals surface area contributed by atoms with Crippen LogP contribution in [-0.4, -0.2) is 25.0 Å². The van der Waals surface area contributed by atoms with E-state index < -0.39 is 30.7 Å². The fourth-order valence-electron chi connectivity index (χ4n) is 3.72. The summed E-state index contributed by atoms with van der Waals surface area (Å²) in [5.41, 5.74) is -0.201. The molecule has 3 rings (SSSR count). The molecule has 5 nitrogen and oxygen atoms in total. The first-order valence-corrected chi connectivity index (χ1v) is 12.2. The molecular formula is C26H27O5P. The third kappa shape index (κ3) is 5.00. The number of para-hydroxylation sites is 1. The third-order valence-electron chi connectivity index (χ3n) is 5.17. The monoisotopic (exact) mass is 450 g/mol. The Kier molecular flexibility index (Phi) is 7.66. The molecule has 0 bridgehead atoms. The lowest BCUT2D eigenvalue weighted by atomic mass is 10.1. The van der Waals surface area contributed by atoms with Crippen LogP contribution in [0.1, 0.15) is 31.5 Å². The molecule has 3 aromatic carbocycles. The van der Waals surface area contributed by atoms with Crippen LogP contribution in [0.5, 0.6) is 5.75 Å². The topological polar surface area (TPSA) is 69.7 Å². The fraction of sp³-hybridized carbons (Fsp3) is 0.231. The van der Waals surface area contributed by atoms with Gasteiger partial charge in [-0.2, -0.15) is 0 Å². The van der Waals surface area contributed by atoms with Crippen LogP contribution >= 0.6 is 7.14 Å². The van der Waals surface area contributed by atoms with Gasteiger partial charge in [-0.15, -0.1) is 0 Å². The van der Waals surface area contributed by atoms with Crippen LogP contribution in [0.25, 0.3) is 0 Å². The number of ketones is 1. The maximum absolute atomic E-state index is 15.0. The Morgan fingerprint density at radius 3 is 1.81 bits per heavy atom. The molecule has 0 aliphatic heterocycles. The van der Waals surface area contributed by atoms with Gasteiger partial charge in [0.2, 0.25) is 5.78 Å². The molecule has 0 radical (unpaired) electrons. The Bertz CT molecular complexity index is 1070. The number of hydrogen-bond acceptors (Lipinski definition) is 5. The zero-order valence-corrected chi connectivity index (χ0v) is 19.3. The van der Waals surface area contributed by atoms with Gasteiger partial charge >= 0.3 is 5.97 Å². The van der Waals surface area contributed by atoms with Gasteiger partial charge < -0.3 is 14.0 Å². The average molecular weight is 450 g/mol. The molecule has 0 fully saturated rings. The van der Waals surface area contributed by atoms with Crippen molar-refractivity contribution < 1.29 is 23.6 Å². The van der Waals surface area contributed by atoms with E-state index in [9.17, 15) is 9.59 Å². The summed E-state index contributed by atoms with van der Waals surface area (Å²) in [6, 6.07) is 25.3. The molecule has 1 unspecified atom stereocenters. The molecule has 0 aliphatic rings. The number of methoxy groups -OCH3 is 1. The Hall–Kier alpha value is -3.17. The smallest absolute Gasteiger partial charge is 0.374 e. The summed E-state index contributed by atoms with van der Waals surface area (Å²) in [5, 5.41) is 1.21. The molecule has 0 aromatic heterocycles. The molecule has 0 saturated carbocycles. The van der Waals surface area contributed by atoms with E-state index in [0.29, 0.717) is 21.9 Å². The van der Waals surface area contributed by atoms with Gasteiger partial charge in [0.15, 0.2) is 7.14 Å². The van der Waals surface area contributed by atoms with Crippen molar-refractivity contribution in [3.05, 3.63) is 90.5 Å². The molecule has 6 heteroatoms. The molecular weight excluding hydrogens is 423 g/mol. The Labute approximate surface area is 188 Å². The molecule has 0 N–H and O–H groups in total. The van der Waals surface area contributed by atoms with Gasteiger partial charge in [-0.3, -0.25) is 4.79 Å². The first-order valence-electron chi connectivity index (χ1n) is 10.5. The SMILES string of the molecule is COc1ccccc1C(CC(=O)C(=O)OC(C)C)P(=O)(c1ccccc1)c1ccccc1. The molecule has 3 aromatic rings. The van der Waals surface area contributed by atoms with Crippen LogP contribution in [-0.2, 0) is 18.9 Å². The van der Waals surface area contributed by atoms with E-state index in [-0.39, 0.29) is 6.42 Å². The lowest BCUT2D eigenvalue weighted by Gasteiger charge is -2.29. The maximum Gasteiger partial charge on any atom is 0.374 e. The Morgan fingerprint density at radius 1 is 0.812 bits per heavy atom. The second-order valence-electron chi connectivity index (χ2n) is 7.67. The van der Waals surface area contributed by atoms with Crippen molar-refractivity contribution in [2.24, 2.45) is 0 Å². The molecule has 0 heterocycles. The predicted octanol–water partition coefficient (Wildman–Crippen LogP) is 4.66. The molecule has 32 heavy (non-hydrogen) atoms. The number of Topliss-reactive ketones (excluding diaryl/α,β-unsaturated/α-hetero) is 1. The quantitative estimate of drug-likeness (QED) is 0.269. The first kappa shape index (κ1) is 23.5. The largest absolute Gasteiger partial charge is 0.496 e. The van der Waals surface area contributed by atoms with Gasteiger partial charge in [0.1, 0.15) is 5.75 Å². The Balaban J connectivity index is 2.22. The summed E-state index contributed by atoms with van der Waals surface area (Å²) >= 11 is 0. The van der Waals surface area contributed by atoms with Gasteiger partial charge in [-0.05, 0) is 19.9 Å². The normalized spacial score (nSPS) is 12.2. The van der Waals surface area contributed by atoms with E-state index in [1.165, 1.54) is 7.11 Å². The molecule has 0 amide bonds. The van der Waals surface area contributed by atoms with Crippen molar-refractivity contribution in [2.75, 3.05) is 7.11 Å². The minimum atomic E-state index is -3.43. The predicted molar refractivity (Wildman–Crippen MR) is 126 cm³/mol. The van der Waals surface area contributed by atoms with Crippen LogP contribution in [0.15, 0.2) is 84.9 Å². The number of hydrogen-bond donors (Lipinski definition) is 0. The number of carbonyl (C=O) groups is 2. The summed E-state index contributed by atoms with van der Waals surface area (Å²) in [6.07, 6.45) is -0.696. The minimum absolute atomic E-state index is 0.271. The number of carbonyl (C=O) groups excluding carboxylic acids is 2. The average Bonchev–Trinajstić information content (AvgIpc) is 2.82.